The molecular formula is C16H17FN2OS. The molecule has 5 heteroatoms. The van der Waals surface area contributed by atoms with E-state index in [0.717, 1.165) is 12.8 Å². The Morgan fingerprint density at radius 1 is 1.24 bits per heavy atom. The fourth-order valence-electron chi connectivity index (χ4n) is 2.60. The van der Waals surface area contributed by atoms with Crippen LogP contribution >= 0.6 is 11.8 Å². The van der Waals surface area contributed by atoms with Crippen LogP contribution in [-0.2, 0) is 4.79 Å². The van der Waals surface area contributed by atoms with Crippen molar-refractivity contribution in [1.82, 2.24) is 5.32 Å². The normalized spacial score (nSPS) is 23.8. The molecule has 0 radical (unpaired) electrons. The number of nitrogens with one attached hydrogen (secondary N) is 1. The largest absolute Gasteiger partial charge is 0.301 e. The SMILES string of the molecule is O=C1NC(=NC2CCCCC2)S/C1=C/c1ccccc1F. The zero-order chi connectivity index (χ0) is 14.7. The fourth-order valence-corrected chi connectivity index (χ4v) is 3.48. The standard InChI is InChI=1S/C16H17FN2OS/c17-13-9-5-4-6-11(13)10-14-15(20)19-16(21-14)18-12-7-2-1-3-8-12/h4-6,9-10,12H,1-3,7-8H2,(H,18,19,20)/b14-10+. The summed E-state index contributed by atoms with van der Waals surface area (Å²) in [5, 5.41) is 3.42. The number of carbonyl (C=O) groups is 1. The van der Waals surface area contributed by atoms with Crippen LogP contribution in [0.4, 0.5) is 4.39 Å². The molecule has 110 valence electrons. The molecule has 0 aromatic heterocycles. The second-order valence-corrected chi connectivity index (χ2v) is 6.34. The van der Waals surface area contributed by atoms with Gasteiger partial charge in [-0.25, -0.2) is 4.39 Å². The minimum atomic E-state index is -0.323. The second kappa shape index (κ2) is 6.43. The molecular weight excluding hydrogens is 287 g/mol. The van der Waals surface area contributed by atoms with Gasteiger partial charge in [0.1, 0.15) is 5.82 Å². The Kier molecular flexibility index (Phi) is 4.39. The first-order valence-corrected chi connectivity index (χ1v) is 8.07. The zero-order valence-electron chi connectivity index (χ0n) is 11.6. The Balaban J connectivity index is 1.75. The lowest BCUT2D eigenvalue weighted by atomic mass is 9.96. The van der Waals surface area contributed by atoms with Gasteiger partial charge in [0.05, 0.1) is 10.9 Å². The molecule has 21 heavy (non-hydrogen) atoms. The van der Waals surface area contributed by atoms with E-state index in [2.05, 4.69) is 10.3 Å². The fraction of sp³-hybridized carbons (Fsp3) is 0.375. The van der Waals surface area contributed by atoms with Gasteiger partial charge in [0.25, 0.3) is 5.91 Å². The number of nitrogens with zero attached hydrogens (tertiary/aromatic N) is 1. The molecule has 1 aliphatic heterocycles. The molecule has 3 rings (SSSR count). The van der Waals surface area contributed by atoms with Gasteiger partial charge in [0.2, 0.25) is 0 Å². The highest BCUT2D eigenvalue weighted by Gasteiger charge is 2.25. The van der Waals surface area contributed by atoms with Crippen LogP contribution in [0.3, 0.4) is 0 Å². The highest BCUT2D eigenvalue weighted by molar-refractivity contribution is 8.18. The third-order valence-corrected chi connectivity index (χ3v) is 4.64. The molecule has 1 aromatic rings. The number of thioether (sulfide) groups is 1. The van der Waals surface area contributed by atoms with E-state index in [1.165, 1.54) is 37.1 Å². The van der Waals surface area contributed by atoms with Crippen LogP contribution in [0.5, 0.6) is 0 Å². The van der Waals surface area contributed by atoms with Crippen molar-refractivity contribution in [2.75, 3.05) is 0 Å². The number of aliphatic imine (C=N–C) groups is 1. The van der Waals surface area contributed by atoms with Gasteiger partial charge in [-0.15, -0.1) is 0 Å². The molecule has 1 amide bonds. The first kappa shape index (κ1) is 14.3. The van der Waals surface area contributed by atoms with E-state index in [4.69, 9.17) is 0 Å². The Morgan fingerprint density at radius 2 is 2.00 bits per heavy atom. The Morgan fingerprint density at radius 3 is 2.76 bits per heavy atom. The summed E-state index contributed by atoms with van der Waals surface area (Å²) in [7, 11) is 0. The minimum Gasteiger partial charge on any atom is -0.301 e. The van der Waals surface area contributed by atoms with Gasteiger partial charge < -0.3 is 5.32 Å². The topological polar surface area (TPSA) is 41.5 Å². The first-order chi connectivity index (χ1) is 10.2. The van der Waals surface area contributed by atoms with Crippen LogP contribution < -0.4 is 5.32 Å². The maximum atomic E-state index is 13.6. The molecule has 0 spiro atoms. The Hall–Kier alpha value is -1.62. The summed E-state index contributed by atoms with van der Waals surface area (Å²) in [4.78, 5) is 17.0. The number of amidine groups is 1. The van der Waals surface area contributed by atoms with E-state index in [-0.39, 0.29) is 11.7 Å². The van der Waals surface area contributed by atoms with Gasteiger partial charge in [-0.1, -0.05) is 37.5 Å². The maximum absolute atomic E-state index is 13.6. The molecule has 1 aromatic carbocycles. The molecule has 0 atom stereocenters. The van der Waals surface area contributed by atoms with Crippen molar-refractivity contribution in [2.45, 2.75) is 38.1 Å². The lowest BCUT2D eigenvalue weighted by Crippen LogP contribution is -2.22. The molecule has 2 fully saturated rings. The Bertz CT molecular complexity index is 606. The molecule has 1 saturated carbocycles. The minimum absolute atomic E-state index is 0.196. The third kappa shape index (κ3) is 3.53. The van der Waals surface area contributed by atoms with Crippen LogP contribution in [-0.4, -0.2) is 17.1 Å². The number of benzene rings is 1. The summed E-state index contributed by atoms with van der Waals surface area (Å²) in [5.41, 5.74) is 0.425. The lowest BCUT2D eigenvalue weighted by Gasteiger charge is -2.17. The lowest BCUT2D eigenvalue weighted by molar-refractivity contribution is -0.115. The zero-order valence-corrected chi connectivity index (χ0v) is 12.5. The number of rotatable bonds is 2. The van der Waals surface area contributed by atoms with Gasteiger partial charge in [-0.2, -0.15) is 0 Å². The molecule has 1 heterocycles. The van der Waals surface area contributed by atoms with Crippen LogP contribution in [0.15, 0.2) is 34.2 Å². The van der Waals surface area contributed by atoms with Crippen molar-refractivity contribution in [3.63, 3.8) is 0 Å². The highest BCUT2D eigenvalue weighted by atomic mass is 32.2. The van der Waals surface area contributed by atoms with E-state index in [1.807, 2.05) is 0 Å². The van der Waals surface area contributed by atoms with E-state index >= 15 is 0 Å². The predicted octanol–water partition coefficient (Wildman–Crippen LogP) is 3.72. The van der Waals surface area contributed by atoms with Gasteiger partial charge in [0, 0.05) is 5.56 Å². The summed E-state index contributed by atoms with van der Waals surface area (Å²) >= 11 is 1.30. The molecule has 1 N–H and O–H groups in total. The summed E-state index contributed by atoms with van der Waals surface area (Å²) in [6, 6.07) is 6.75. The van der Waals surface area contributed by atoms with Crippen LogP contribution in [0.2, 0.25) is 0 Å². The van der Waals surface area contributed by atoms with Crippen molar-refractivity contribution in [2.24, 2.45) is 4.99 Å². The average Bonchev–Trinajstić information content (AvgIpc) is 2.82. The quantitative estimate of drug-likeness (QED) is 0.846. The van der Waals surface area contributed by atoms with E-state index in [0.29, 0.717) is 21.7 Å². The maximum Gasteiger partial charge on any atom is 0.264 e. The van der Waals surface area contributed by atoms with Crippen LogP contribution in [0, 0.1) is 5.82 Å². The smallest absolute Gasteiger partial charge is 0.264 e. The average molecular weight is 304 g/mol. The molecule has 3 nitrogen and oxygen atoms in total. The van der Waals surface area contributed by atoms with Crippen molar-refractivity contribution in [3.8, 4) is 0 Å². The number of hydrogen-bond donors (Lipinski definition) is 1. The van der Waals surface area contributed by atoms with Crippen LogP contribution in [0.25, 0.3) is 6.08 Å². The monoisotopic (exact) mass is 304 g/mol. The van der Waals surface area contributed by atoms with Gasteiger partial charge in [-0.3, -0.25) is 9.79 Å². The van der Waals surface area contributed by atoms with Crippen molar-refractivity contribution >= 4 is 28.9 Å². The van der Waals surface area contributed by atoms with Crippen molar-refractivity contribution < 1.29 is 9.18 Å². The molecule has 1 saturated heterocycles. The Labute approximate surface area is 127 Å². The number of hydrogen-bond acceptors (Lipinski definition) is 3. The summed E-state index contributed by atoms with van der Waals surface area (Å²) in [5.74, 6) is -0.520. The van der Waals surface area contributed by atoms with Gasteiger partial charge >= 0.3 is 0 Å². The van der Waals surface area contributed by atoms with E-state index < -0.39 is 0 Å². The van der Waals surface area contributed by atoms with E-state index in [1.54, 1.807) is 24.3 Å². The van der Waals surface area contributed by atoms with Gasteiger partial charge in [0.15, 0.2) is 5.17 Å². The summed E-state index contributed by atoms with van der Waals surface area (Å²) in [6.45, 7) is 0. The van der Waals surface area contributed by atoms with Crippen molar-refractivity contribution in [3.05, 3.63) is 40.6 Å². The number of halogens is 1. The molecule has 1 aliphatic carbocycles. The predicted molar refractivity (Wildman–Crippen MR) is 84.4 cm³/mol. The van der Waals surface area contributed by atoms with Crippen molar-refractivity contribution in [1.29, 1.82) is 0 Å². The number of carbonyl (C=O) groups excluding carboxylic acids is 1. The molecule has 2 aliphatic rings. The molecule has 0 bridgehead atoms. The molecule has 0 unspecified atom stereocenters. The van der Waals surface area contributed by atoms with Crippen LogP contribution in [0.1, 0.15) is 37.7 Å². The van der Waals surface area contributed by atoms with Gasteiger partial charge in [-0.05, 0) is 36.7 Å². The number of amides is 1. The third-order valence-electron chi connectivity index (χ3n) is 3.72. The summed E-state index contributed by atoms with van der Waals surface area (Å²) < 4.78 is 13.6. The van der Waals surface area contributed by atoms with E-state index in [9.17, 15) is 9.18 Å². The first-order valence-electron chi connectivity index (χ1n) is 7.25. The second-order valence-electron chi connectivity index (χ2n) is 5.31. The summed E-state index contributed by atoms with van der Waals surface area (Å²) in [6.07, 6.45) is 7.45. The highest BCUT2D eigenvalue weighted by Crippen LogP contribution is 2.29.